The highest BCUT2D eigenvalue weighted by Gasteiger charge is 2.09. The summed E-state index contributed by atoms with van der Waals surface area (Å²) >= 11 is 0. The number of nitrogen functional groups attached to an aromatic ring is 1. The lowest BCUT2D eigenvalue weighted by atomic mass is 10.2. The predicted molar refractivity (Wildman–Crippen MR) is 71.2 cm³/mol. The SMILES string of the molecule is Nc1ccc(N=Cc2ccccc2[N+](=O)[O-])cc1. The number of nitro groups is 1. The van der Waals surface area contributed by atoms with E-state index in [2.05, 4.69) is 4.99 Å². The van der Waals surface area contributed by atoms with Gasteiger partial charge < -0.3 is 5.73 Å². The molecule has 5 nitrogen and oxygen atoms in total. The van der Waals surface area contributed by atoms with E-state index in [-0.39, 0.29) is 5.69 Å². The molecule has 0 bridgehead atoms. The number of anilines is 1. The van der Waals surface area contributed by atoms with Gasteiger partial charge in [-0.05, 0) is 30.3 Å². The van der Waals surface area contributed by atoms with Gasteiger partial charge in [0.05, 0.1) is 16.2 Å². The van der Waals surface area contributed by atoms with Crippen LogP contribution in [0.3, 0.4) is 0 Å². The number of nitro benzene ring substituents is 1. The fraction of sp³-hybridized carbons (Fsp3) is 0. The van der Waals surface area contributed by atoms with Crippen LogP contribution in [0.2, 0.25) is 0 Å². The van der Waals surface area contributed by atoms with Crippen molar-refractivity contribution in [1.82, 2.24) is 0 Å². The Morgan fingerprint density at radius 1 is 1.11 bits per heavy atom. The standard InChI is InChI=1S/C13H11N3O2/c14-11-5-7-12(8-6-11)15-9-10-3-1-2-4-13(10)16(17)18/h1-9H,14H2. The highest BCUT2D eigenvalue weighted by molar-refractivity contribution is 5.87. The summed E-state index contributed by atoms with van der Waals surface area (Å²) in [5, 5.41) is 10.8. The van der Waals surface area contributed by atoms with E-state index in [1.165, 1.54) is 12.3 Å². The maximum Gasteiger partial charge on any atom is 0.278 e. The molecule has 0 aliphatic carbocycles. The molecule has 0 atom stereocenters. The normalized spacial score (nSPS) is 10.7. The Kier molecular flexibility index (Phi) is 3.33. The van der Waals surface area contributed by atoms with Gasteiger partial charge in [0.2, 0.25) is 0 Å². The zero-order valence-electron chi connectivity index (χ0n) is 9.48. The van der Waals surface area contributed by atoms with E-state index >= 15 is 0 Å². The van der Waals surface area contributed by atoms with Crippen molar-refractivity contribution in [1.29, 1.82) is 0 Å². The molecule has 0 saturated heterocycles. The minimum absolute atomic E-state index is 0.0386. The summed E-state index contributed by atoms with van der Waals surface area (Å²) in [5.74, 6) is 0. The molecule has 5 heteroatoms. The van der Waals surface area contributed by atoms with Crippen molar-refractivity contribution in [3.05, 3.63) is 64.2 Å². The van der Waals surface area contributed by atoms with Crippen LogP contribution >= 0.6 is 0 Å². The molecule has 0 amide bonds. The molecule has 90 valence electrons. The Labute approximate surface area is 104 Å². The molecule has 0 aromatic heterocycles. The first-order valence-electron chi connectivity index (χ1n) is 5.30. The summed E-state index contributed by atoms with van der Waals surface area (Å²) < 4.78 is 0. The Bertz CT molecular complexity index is 591. The molecule has 0 saturated carbocycles. The molecule has 2 rings (SSSR count). The zero-order chi connectivity index (χ0) is 13.0. The van der Waals surface area contributed by atoms with Crippen LogP contribution in [0.4, 0.5) is 17.1 Å². The summed E-state index contributed by atoms with van der Waals surface area (Å²) in [7, 11) is 0. The number of nitrogens with zero attached hydrogens (tertiary/aromatic N) is 2. The number of benzene rings is 2. The second-order valence-electron chi connectivity index (χ2n) is 3.67. The molecule has 2 aromatic rings. The van der Waals surface area contributed by atoms with Gasteiger partial charge >= 0.3 is 0 Å². The van der Waals surface area contributed by atoms with Crippen LogP contribution in [-0.4, -0.2) is 11.1 Å². The first-order chi connectivity index (χ1) is 8.66. The lowest BCUT2D eigenvalue weighted by Crippen LogP contribution is -1.93. The monoisotopic (exact) mass is 241 g/mol. The van der Waals surface area contributed by atoms with Crippen molar-refractivity contribution in [2.24, 2.45) is 4.99 Å². The van der Waals surface area contributed by atoms with Crippen molar-refractivity contribution < 1.29 is 4.92 Å². The summed E-state index contributed by atoms with van der Waals surface area (Å²) in [6.45, 7) is 0. The highest BCUT2D eigenvalue weighted by Crippen LogP contribution is 2.18. The first kappa shape index (κ1) is 11.8. The predicted octanol–water partition coefficient (Wildman–Crippen LogP) is 2.93. The van der Waals surface area contributed by atoms with Crippen LogP contribution in [-0.2, 0) is 0 Å². The fourth-order valence-electron chi connectivity index (χ4n) is 1.47. The van der Waals surface area contributed by atoms with Crippen LogP contribution in [0.1, 0.15) is 5.56 Å². The van der Waals surface area contributed by atoms with E-state index in [0.717, 1.165) is 0 Å². The van der Waals surface area contributed by atoms with E-state index in [0.29, 0.717) is 16.9 Å². The third-order valence-corrected chi connectivity index (χ3v) is 2.38. The average Bonchev–Trinajstić information content (AvgIpc) is 2.38. The van der Waals surface area contributed by atoms with Gasteiger partial charge in [0.1, 0.15) is 0 Å². The Morgan fingerprint density at radius 3 is 2.44 bits per heavy atom. The maximum atomic E-state index is 10.8. The van der Waals surface area contributed by atoms with Crippen molar-refractivity contribution >= 4 is 23.3 Å². The smallest absolute Gasteiger partial charge is 0.278 e. The van der Waals surface area contributed by atoms with Crippen LogP contribution in [0, 0.1) is 10.1 Å². The molecular formula is C13H11N3O2. The number of rotatable bonds is 3. The number of hydrogen-bond donors (Lipinski definition) is 1. The van der Waals surface area contributed by atoms with Crippen molar-refractivity contribution in [2.75, 3.05) is 5.73 Å². The molecule has 0 radical (unpaired) electrons. The molecule has 0 unspecified atom stereocenters. The fourth-order valence-corrected chi connectivity index (χ4v) is 1.47. The molecule has 18 heavy (non-hydrogen) atoms. The molecule has 0 fully saturated rings. The molecule has 0 aliphatic heterocycles. The lowest BCUT2D eigenvalue weighted by Gasteiger charge is -1.97. The van der Waals surface area contributed by atoms with Gasteiger partial charge in [0.25, 0.3) is 5.69 Å². The topological polar surface area (TPSA) is 81.5 Å². The molecular weight excluding hydrogens is 230 g/mol. The zero-order valence-corrected chi connectivity index (χ0v) is 9.48. The third kappa shape index (κ3) is 2.70. The summed E-state index contributed by atoms with van der Waals surface area (Å²) in [4.78, 5) is 14.6. The second-order valence-corrected chi connectivity index (χ2v) is 3.67. The molecule has 0 aliphatic rings. The molecule has 0 spiro atoms. The quantitative estimate of drug-likeness (QED) is 0.388. The van der Waals surface area contributed by atoms with Gasteiger partial charge in [-0.15, -0.1) is 0 Å². The Balaban J connectivity index is 2.29. The van der Waals surface area contributed by atoms with Crippen LogP contribution in [0.15, 0.2) is 53.5 Å². The number of aliphatic imine (C=N–C) groups is 1. The van der Waals surface area contributed by atoms with E-state index < -0.39 is 4.92 Å². The highest BCUT2D eigenvalue weighted by atomic mass is 16.6. The average molecular weight is 241 g/mol. The van der Waals surface area contributed by atoms with Crippen LogP contribution in [0.5, 0.6) is 0 Å². The Hall–Kier alpha value is -2.69. The van der Waals surface area contributed by atoms with E-state index in [1.54, 1.807) is 42.5 Å². The van der Waals surface area contributed by atoms with Gasteiger partial charge in [-0.2, -0.15) is 0 Å². The van der Waals surface area contributed by atoms with Gasteiger partial charge in [0, 0.05) is 18.0 Å². The van der Waals surface area contributed by atoms with Crippen LogP contribution in [0.25, 0.3) is 0 Å². The van der Waals surface area contributed by atoms with Gasteiger partial charge in [-0.1, -0.05) is 12.1 Å². The number of hydrogen-bond acceptors (Lipinski definition) is 4. The van der Waals surface area contributed by atoms with E-state index in [1.807, 2.05) is 0 Å². The maximum absolute atomic E-state index is 10.8. The minimum atomic E-state index is -0.426. The van der Waals surface area contributed by atoms with Gasteiger partial charge in [-0.25, -0.2) is 0 Å². The van der Waals surface area contributed by atoms with E-state index in [4.69, 9.17) is 5.73 Å². The number of nitrogens with two attached hydrogens (primary N) is 1. The third-order valence-electron chi connectivity index (χ3n) is 2.38. The molecule has 0 heterocycles. The van der Waals surface area contributed by atoms with Gasteiger partial charge in [-0.3, -0.25) is 15.1 Å². The second kappa shape index (κ2) is 5.09. The molecule has 2 N–H and O–H groups in total. The van der Waals surface area contributed by atoms with Crippen molar-refractivity contribution in [3.63, 3.8) is 0 Å². The largest absolute Gasteiger partial charge is 0.399 e. The lowest BCUT2D eigenvalue weighted by molar-refractivity contribution is -0.385. The van der Waals surface area contributed by atoms with Gasteiger partial charge in [0.15, 0.2) is 0 Å². The summed E-state index contributed by atoms with van der Waals surface area (Å²) in [6, 6.07) is 13.4. The van der Waals surface area contributed by atoms with Crippen molar-refractivity contribution in [2.45, 2.75) is 0 Å². The minimum Gasteiger partial charge on any atom is -0.399 e. The number of para-hydroxylation sites is 1. The summed E-state index contributed by atoms with van der Waals surface area (Å²) in [5.41, 5.74) is 7.42. The Morgan fingerprint density at radius 2 is 1.78 bits per heavy atom. The molecule has 2 aromatic carbocycles. The van der Waals surface area contributed by atoms with Crippen LogP contribution < -0.4 is 5.73 Å². The van der Waals surface area contributed by atoms with Crippen molar-refractivity contribution in [3.8, 4) is 0 Å². The van der Waals surface area contributed by atoms with E-state index in [9.17, 15) is 10.1 Å². The summed E-state index contributed by atoms with van der Waals surface area (Å²) in [6.07, 6.45) is 1.48. The first-order valence-corrected chi connectivity index (χ1v) is 5.30.